The lowest BCUT2D eigenvalue weighted by Gasteiger charge is -2.00. The quantitative estimate of drug-likeness (QED) is 0.419. The first-order chi connectivity index (χ1) is 6.95. The summed E-state index contributed by atoms with van der Waals surface area (Å²) in [7, 11) is 0. The molecule has 0 aliphatic carbocycles. The van der Waals surface area contributed by atoms with Crippen molar-refractivity contribution in [1.29, 1.82) is 0 Å². The summed E-state index contributed by atoms with van der Waals surface area (Å²) in [6, 6.07) is 12.1. The molecule has 3 radical (unpaired) electrons. The van der Waals surface area contributed by atoms with Crippen LogP contribution in [0.25, 0.3) is 21.8 Å². The highest BCUT2D eigenvalue weighted by molar-refractivity contribution is 6.92. The van der Waals surface area contributed by atoms with E-state index in [2.05, 4.69) is 34.2 Å². The van der Waals surface area contributed by atoms with Crippen LogP contribution >= 0.6 is 9.90 Å². The molecule has 0 spiro atoms. The molecule has 1 aromatic carbocycles. The largest absolute Gasteiger partial charge is 0.254 e. The van der Waals surface area contributed by atoms with Crippen molar-refractivity contribution < 1.29 is 0 Å². The zero-order valence-corrected chi connectivity index (χ0v) is 8.85. The lowest BCUT2D eigenvalue weighted by Crippen LogP contribution is -1.83. The summed E-state index contributed by atoms with van der Waals surface area (Å²) in [5, 5.41) is 2.28. The van der Waals surface area contributed by atoms with Gasteiger partial charge in [-0.25, -0.2) is 0 Å². The van der Waals surface area contributed by atoms with E-state index in [4.69, 9.17) is 0 Å². The number of nitrogens with zero attached hydrogens (tertiary/aromatic N) is 2. The average Bonchev–Trinajstić information content (AvgIpc) is 2.29. The highest BCUT2D eigenvalue weighted by Crippen LogP contribution is 2.20. The Hall–Kier alpha value is -1.53. The molecule has 0 N–H and O–H groups in total. The Morgan fingerprint density at radius 3 is 1.60 bits per heavy atom. The number of hydrogen-bond acceptors (Lipinski definition) is 2. The first kappa shape index (κ1) is 10.0. The number of fused-ring (bicyclic) bond motifs is 3. The zero-order valence-electron chi connectivity index (χ0n) is 7.96. The molecule has 3 heteroatoms. The monoisotopic (exact) mass is 211 g/mol. The zero-order chi connectivity index (χ0) is 9.38. The van der Waals surface area contributed by atoms with Crippen molar-refractivity contribution >= 4 is 31.7 Å². The number of aromatic nitrogens is 2. The van der Waals surface area contributed by atoms with E-state index >= 15 is 0 Å². The molecule has 2 aromatic heterocycles. The number of pyridine rings is 2. The predicted molar refractivity (Wildman–Crippen MR) is 64.0 cm³/mol. The van der Waals surface area contributed by atoms with Gasteiger partial charge in [0.2, 0.25) is 0 Å². The summed E-state index contributed by atoms with van der Waals surface area (Å²) in [6.45, 7) is 0. The van der Waals surface area contributed by atoms with Crippen LogP contribution < -0.4 is 0 Å². The van der Waals surface area contributed by atoms with Crippen LogP contribution in [-0.2, 0) is 0 Å². The maximum Gasteiger partial charge on any atom is 0.0964 e. The minimum absolute atomic E-state index is 0. The summed E-state index contributed by atoms with van der Waals surface area (Å²) in [5.41, 5.74) is 1.95. The van der Waals surface area contributed by atoms with E-state index in [-0.39, 0.29) is 9.90 Å². The Morgan fingerprint density at radius 1 is 0.667 bits per heavy atom. The van der Waals surface area contributed by atoms with Gasteiger partial charge < -0.3 is 0 Å². The van der Waals surface area contributed by atoms with E-state index in [1.54, 1.807) is 12.4 Å². The van der Waals surface area contributed by atoms with Crippen LogP contribution in [0.1, 0.15) is 0 Å². The molecule has 0 saturated carbocycles. The van der Waals surface area contributed by atoms with Gasteiger partial charge in [-0.3, -0.25) is 9.97 Å². The van der Waals surface area contributed by atoms with Gasteiger partial charge in [-0.15, -0.1) is 0 Å². The van der Waals surface area contributed by atoms with Crippen molar-refractivity contribution in [3.8, 4) is 0 Å². The summed E-state index contributed by atoms with van der Waals surface area (Å²) in [6.07, 6.45) is 3.60. The maximum absolute atomic E-state index is 4.35. The van der Waals surface area contributed by atoms with E-state index in [9.17, 15) is 0 Å². The van der Waals surface area contributed by atoms with Crippen LogP contribution in [0.2, 0.25) is 0 Å². The van der Waals surface area contributed by atoms with Gasteiger partial charge in [0.1, 0.15) is 0 Å². The summed E-state index contributed by atoms with van der Waals surface area (Å²) >= 11 is 0. The van der Waals surface area contributed by atoms with Gasteiger partial charge in [0.05, 0.1) is 11.0 Å². The first-order valence-corrected chi connectivity index (χ1v) is 4.53. The molecule has 0 atom stereocenters. The standard InChI is InChI=1S/C12H8N2.P/c1-3-9-5-6-10-4-2-8-14-12(10)11(9)13-7-1;/h1-8H;. The second kappa shape index (κ2) is 3.92. The minimum atomic E-state index is 0. The van der Waals surface area contributed by atoms with Gasteiger partial charge in [0, 0.05) is 33.1 Å². The van der Waals surface area contributed by atoms with Crippen molar-refractivity contribution in [3.63, 3.8) is 0 Å². The molecule has 0 bridgehead atoms. The molecule has 0 amide bonds. The van der Waals surface area contributed by atoms with Crippen LogP contribution in [0.15, 0.2) is 48.8 Å². The van der Waals surface area contributed by atoms with Gasteiger partial charge in [-0.2, -0.15) is 0 Å². The Kier molecular flexibility index (Phi) is 2.61. The second-order valence-electron chi connectivity index (χ2n) is 3.22. The summed E-state index contributed by atoms with van der Waals surface area (Å²) < 4.78 is 0. The Balaban J connectivity index is 0.000000853. The highest BCUT2D eigenvalue weighted by Gasteiger charge is 2.00. The predicted octanol–water partition coefficient (Wildman–Crippen LogP) is 3.64. The average molecular weight is 211 g/mol. The van der Waals surface area contributed by atoms with Crippen LogP contribution in [0.5, 0.6) is 0 Å². The molecular formula is C12H8N2P. The molecular weight excluding hydrogens is 203 g/mol. The molecule has 2 heterocycles. The topological polar surface area (TPSA) is 25.8 Å². The first-order valence-electron chi connectivity index (χ1n) is 4.53. The normalized spacial score (nSPS) is 10.1. The molecule has 0 fully saturated rings. The Morgan fingerprint density at radius 2 is 1.13 bits per heavy atom. The van der Waals surface area contributed by atoms with E-state index in [0.717, 1.165) is 21.8 Å². The Bertz CT molecular complexity index is 553. The van der Waals surface area contributed by atoms with Crippen molar-refractivity contribution in [3.05, 3.63) is 48.8 Å². The third-order valence-corrected chi connectivity index (χ3v) is 2.34. The molecule has 0 saturated heterocycles. The van der Waals surface area contributed by atoms with Crippen LogP contribution in [0.3, 0.4) is 0 Å². The molecule has 0 aliphatic rings. The Labute approximate surface area is 91.0 Å². The van der Waals surface area contributed by atoms with Gasteiger partial charge in [-0.05, 0) is 12.1 Å². The molecule has 0 unspecified atom stereocenters. The third kappa shape index (κ3) is 1.57. The van der Waals surface area contributed by atoms with E-state index < -0.39 is 0 Å². The lowest BCUT2D eigenvalue weighted by molar-refractivity contribution is 1.37. The smallest absolute Gasteiger partial charge is 0.0964 e. The minimum Gasteiger partial charge on any atom is -0.254 e. The molecule has 0 aliphatic heterocycles. The van der Waals surface area contributed by atoms with Crippen molar-refractivity contribution in [1.82, 2.24) is 9.97 Å². The molecule has 15 heavy (non-hydrogen) atoms. The SMILES string of the molecule is [P].c1cnc2c(c1)ccc1cccnc12. The van der Waals surface area contributed by atoms with Gasteiger partial charge in [0.15, 0.2) is 0 Å². The van der Waals surface area contributed by atoms with Gasteiger partial charge in [-0.1, -0.05) is 24.3 Å². The number of benzene rings is 1. The summed E-state index contributed by atoms with van der Waals surface area (Å²) in [4.78, 5) is 8.69. The van der Waals surface area contributed by atoms with E-state index in [1.165, 1.54) is 0 Å². The second-order valence-corrected chi connectivity index (χ2v) is 3.22. The summed E-state index contributed by atoms with van der Waals surface area (Å²) in [5.74, 6) is 0. The molecule has 3 rings (SSSR count). The van der Waals surface area contributed by atoms with E-state index in [0.29, 0.717) is 0 Å². The fourth-order valence-electron chi connectivity index (χ4n) is 1.68. The lowest BCUT2D eigenvalue weighted by atomic mass is 10.1. The molecule has 71 valence electrons. The van der Waals surface area contributed by atoms with Crippen LogP contribution in [-0.4, -0.2) is 9.97 Å². The fraction of sp³-hybridized carbons (Fsp3) is 0. The van der Waals surface area contributed by atoms with Gasteiger partial charge in [0.25, 0.3) is 0 Å². The van der Waals surface area contributed by atoms with Crippen LogP contribution in [0.4, 0.5) is 0 Å². The highest BCUT2D eigenvalue weighted by atomic mass is 31.0. The third-order valence-electron chi connectivity index (χ3n) is 2.34. The molecule has 2 nitrogen and oxygen atoms in total. The van der Waals surface area contributed by atoms with Gasteiger partial charge >= 0.3 is 0 Å². The van der Waals surface area contributed by atoms with Crippen LogP contribution in [0, 0.1) is 0 Å². The van der Waals surface area contributed by atoms with Crippen molar-refractivity contribution in [2.24, 2.45) is 0 Å². The van der Waals surface area contributed by atoms with E-state index in [1.807, 2.05) is 12.1 Å². The maximum atomic E-state index is 4.35. The van der Waals surface area contributed by atoms with Crippen molar-refractivity contribution in [2.45, 2.75) is 0 Å². The number of rotatable bonds is 0. The fourth-order valence-corrected chi connectivity index (χ4v) is 1.68. The molecule has 3 aromatic rings. The number of hydrogen-bond donors (Lipinski definition) is 0. The van der Waals surface area contributed by atoms with Crippen molar-refractivity contribution in [2.75, 3.05) is 0 Å².